The molecule has 6 nitrogen and oxygen atoms in total. The number of halogens is 2. The van der Waals surface area contributed by atoms with Gasteiger partial charge in [-0.3, -0.25) is 9.59 Å². The largest absolute Gasteiger partial charge is 0.493 e. The molecule has 128 valence electrons. The molecule has 0 heterocycles. The lowest BCUT2D eigenvalue weighted by Gasteiger charge is -2.14. The minimum Gasteiger partial charge on any atom is -0.493 e. The van der Waals surface area contributed by atoms with E-state index in [1.165, 1.54) is 19.2 Å². The number of carbonyl (C=O) groups excluding carboxylic acids is 1. The van der Waals surface area contributed by atoms with Crippen LogP contribution in [0.1, 0.15) is 30.1 Å². The number of carboxylic acid groups (broad SMARTS) is 1. The highest BCUT2D eigenvalue weighted by Gasteiger charge is 2.19. The summed E-state index contributed by atoms with van der Waals surface area (Å²) in [7, 11) is 1.29. The fourth-order valence-electron chi connectivity index (χ4n) is 1.99. The standard InChI is InChI=1S/C15H19F2NO5/c1-3-4-10(14(20)21)8-18-13(19)9-5-6-11(22-2)12(7-9)23-15(16)17/h5-7,10,15H,3-4,8H2,1-2H3,(H,18,19)(H,20,21). The molecule has 8 heteroatoms. The minimum absolute atomic E-state index is 0.0426. The predicted molar refractivity (Wildman–Crippen MR) is 78.0 cm³/mol. The molecule has 1 amide bonds. The summed E-state index contributed by atoms with van der Waals surface area (Å²) in [5, 5.41) is 11.5. The third kappa shape index (κ3) is 5.72. The van der Waals surface area contributed by atoms with E-state index in [9.17, 15) is 18.4 Å². The highest BCUT2D eigenvalue weighted by Crippen LogP contribution is 2.29. The molecule has 0 aromatic heterocycles. The lowest BCUT2D eigenvalue weighted by molar-refractivity contribution is -0.141. The van der Waals surface area contributed by atoms with Crippen LogP contribution in [0.2, 0.25) is 0 Å². The van der Waals surface area contributed by atoms with Crippen molar-refractivity contribution in [1.29, 1.82) is 0 Å². The second-order valence-electron chi connectivity index (χ2n) is 4.78. The van der Waals surface area contributed by atoms with Gasteiger partial charge >= 0.3 is 12.6 Å². The van der Waals surface area contributed by atoms with Crippen molar-refractivity contribution in [3.8, 4) is 11.5 Å². The van der Waals surface area contributed by atoms with E-state index < -0.39 is 24.4 Å². The zero-order valence-corrected chi connectivity index (χ0v) is 12.8. The van der Waals surface area contributed by atoms with Crippen LogP contribution in [-0.4, -0.2) is 37.2 Å². The summed E-state index contributed by atoms with van der Waals surface area (Å²) in [6.07, 6.45) is 1.10. The zero-order chi connectivity index (χ0) is 17.4. The Balaban J connectivity index is 2.81. The van der Waals surface area contributed by atoms with Crippen molar-refractivity contribution in [1.82, 2.24) is 5.32 Å². The topological polar surface area (TPSA) is 84.9 Å². The Morgan fingerprint density at radius 2 is 2.00 bits per heavy atom. The second kappa shape index (κ2) is 8.92. The molecule has 1 aromatic rings. The Kier molecular flexibility index (Phi) is 7.24. The molecule has 1 aromatic carbocycles. The number of amides is 1. The summed E-state index contributed by atoms with van der Waals surface area (Å²) in [5.41, 5.74) is 0.0714. The molecule has 0 fully saturated rings. The SMILES string of the molecule is CCCC(CNC(=O)c1ccc(OC)c(OC(F)F)c1)C(=O)O. The summed E-state index contributed by atoms with van der Waals surface area (Å²) >= 11 is 0. The van der Waals surface area contributed by atoms with Gasteiger partial charge in [-0.05, 0) is 24.6 Å². The zero-order valence-electron chi connectivity index (χ0n) is 12.8. The summed E-state index contributed by atoms with van der Waals surface area (Å²) in [6.45, 7) is -1.25. The Bertz CT molecular complexity index is 551. The van der Waals surface area contributed by atoms with Crippen molar-refractivity contribution in [3.63, 3.8) is 0 Å². The molecule has 0 aliphatic heterocycles. The molecule has 0 bridgehead atoms. The van der Waals surface area contributed by atoms with E-state index in [0.29, 0.717) is 12.8 Å². The van der Waals surface area contributed by atoms with Crippen LogP contribution in [0.15, 0.2) is 18.2 Å². The lowest BCUT2D eigenvalue weighted by atomic mass is 10.0. The maximum Gasteiger partial charge on any atom is 0.387 e. The van der Waals surface area contributed by atoms with Gasteiger partial charge in [-0.25, -0.2) is 0 Å². The van der Waals surface area contributed by atoms with Gasteiger partial charge in [0.05, 0.1) is 13.0 Å². The number of nitrogens with one attached hydrogen (secondary N) is 1. The molecule has 0 saturated heterocycles. The number of alkyl halides is 2. The first-order valence-corrected chi connectivity index (χ1v) is 7.02. The first-order chi connectivity index (χ1) is 10.9. The van der Waals surface area contributed by atoms with Gasteiger partial charge < -0.3 is 19.9 Å². The van der Waals surface area contributed by atoms with Gasteiger partial charge in [-0.1, -0.05) is 13.3 Å². The molecule has 0 aliphatic carbocycles. The predicted octanol–water partition coefficient (Wildman–Crippen LogP) is 2.53. The van der Waals surface area contributed by atoms with Crippen LogP contribution in [0, 0.1) is 5.92 Å². The number of hydrogen-bond donors (Lipinski definition) is 2. The lowest BCUT2D eigenvalue weighted by Crippen LogP contribution is -2.32. The van der Waals surface area contributed by atoms with Gasteiger partial charge in [0.25, 0.3) is 5.91 Å². The van der Waals surface area contributed by atoms with Crippen molar-refractivity contribution >= 4 is 11.9 Å². The van der Waals surface area contributed by atoms with Gasteiger partial charge in [-0.15, -0.1) is 0 Å². The molecule has 1 atom stereocenters. The molecular formula is C15H19F2NO5. The Labute approximate surface area is 132 Å². The van der Waals surface area contributed by atoms with Crippen molar-refractivity contribution in [2.75, 3.05) is 13.7 Å². The van der Waals surface area contributed by atoms with E-state index >= 15 is 0 Å². The van der Waals surface area contributed by atoms with Crippen LogP contribution in [0.4, 0.5) is 8.78 Å². The van der Waals surface area contributed by atoms with Crippen LogP contribution < -0.4 is 14.8 Å². The number of carboxylic acids is 1. The maximum atomic E-state index is 12.4. The van der Waals surface area contributed by atoms with Gasteiger partial charge in [0.1, 0.15) is 0 Å². The molecule has 0 aliphatic rings. The van der Waals surface area contributed by atoms with Crippen LogP contribution in [0.5, 0.6) is 11.5 Å². The number of methoxy groups -OCH3 is 1. The molecule has 0 spiro atoms. The normalized spacial score (nSPS) is 11.9. The number of hydrogen-bond acceptors (Lipinski definition) is 4. The first-order valence-electron chi connectivity index (χ1n) is 7.02. The van der Waals surface area contributed by atoms with Gasteiger partial charge in [-0.2, -0.15) is 8.78 Å². The average molecular weight is 331 g/mol. The summed E-state index contributed by atoms with van der Waals surface area (Å²) < 4.78 is 33.9. The number of benzene rings is 1. The summed E-state index contributed by atoms with van der Waals surface area (Å²) in [4.78, 5) is 23.1. The van der Waals surface area contributed by atoms with Crippen LogP contribution in [-0.2, 0) is 4.79 Å². The number of aliphatic carboxylic acids is 1. The number of carbonyl (C=O) groups is 2. The number of rotatable bonds is 9. The van der Waals surface area contributed by atoms with Crippen LogP contribution >= 0.6 is 0 Å². The van der Waals surface area contributed by atoms with Crippen molar-refractivity contribution in [3.05, 3.63) is 23.8 Å². The van der Waals surface area contributed by atoms with Gasteiger partial charge in [0.15, 0.2) is 11.5 Å². The Morgan fingerprint density at radius 1 is 1.30 bits per heavy atom. The van der Waals surface area contributed by atoms with Gasteiger partial charge in [0.2, 0.25) is 0 Å². The molecule has 1 unspecified atom stereocenters. The quantitative estimate of drug-likeness (QED) is 0.726. The van der Waals surface area contributed by atoms with Gasteiger partial charge in [0, 0.05) is 12.1 Å². The van der Waals surface area contributed by atoms with E-state index in [1.54, 1.807) is 0 Å². The molecule has 23 heavy (non-hydrogen) atoms. The fraction of sp³-hybridized carbons (Fsp3) is 0.467. The summed E-state index contributed by atoms with van der Waals surface area (Å²) in [6, 6.07) is 3.82. The molecule has 1 rings (SSSR count). The van der Waals surface area contributed by atoms with E-state index in [0.717, 1.165) is 6.07 Å². The number of ether oxygens (including phenoxy) is 2. The van der Waals surface area contributed by atoms with Crippen LogP contribution in [0.3, 0.4) is 0 Å². The fourth-order valence-corrected chi connectivity index (χ4v) is 1.99. The maximum absolute atomic E-state index is 12.4. The molecule has 0 radical (unpaired) electrons. The molecule has 2 N–H and O–H groups in total. The first kappa shape index (κ1) is 18.7. The second-order valence-corrected chi connectivity index (χ2v) is 4.78. The average Bonchev–Trinajstić information content (AvgIpc) is 2.50. The van der Waals surface area contributed by atoms with E-state index in [-0.39, 0.29) is 23.6 Å². The third-order valence-corrected chi connectivity index (χ3v) is 3.14. The van der Waals surface area contributed by atoms with Crippen molar-refractivity contribution in [2.45, 2.75) is 26.4 Å². The third-order valence-electron chi connectivity index (χ3n) is 3.14. The van der Waals surface area contributed by atoms with Crippen molar-refractivity contribution < 1.29 is 33.0 Å². The highest BCUT2D eigenvalue weighted by atomic mass is 19.3. The highest BCUT2D eigenvalue weighted by molar-refractivity contribution is 5.95. The minimum atomic E-state index is -3.05. The van der Waals surface area contributed by atoms with E-state index in [4.69, 9.17) is 9.84 Å². The monoisotopic (exact) mass is 331 g/mol. The Hall–Kier alpha value is -2.38. The Morgan fingerprint density at radius 3 is 2.52 bits per heavy atom. The molecular weight excluding hydrogens is 312 g/mol. The van der Waals surface area contributed by atoms with Crippen LogP contribution in [0.25, 0.3) is 0 Å². The van der Waals surface area contributed by atoms with Crippen molar-refractivity contribution in [2.24, 2.45) is 5.92 Å². The van der Waals surface area contributed by atoms with E-state index in [2.05, 4.69) is 10.1 Å². The molecule has 0 saturated carbocycles. The summed E-state index contributed by atoms with van der Waals surface area (Å²) in [5.74, 6) is -2.47. The van der Waals surface area contributed by atoms with E-state index in [1.807, 2.05) is 6.92 Å². The smallest absolute Gasteiger partial charge is 0.387 e.